The van der Waals surface area contributed by atoms with Crippen molar-refractivity contribution in [2.45, 2.75) is 6.42 Å². The van der Waals surface area contributed by atoms with Crippen LogP contribution in [-0.2, 0) is 9.59 Å². The minimum Gasteiger partial charge on any atom is -0.481 e. The predicted molar refractivity (Wildman–Crippen MR) is 53.8 cm³/mol. The summed E-state index contributed by atoms with van der Waals surface area (Å²) in [6.45, 7) is 0. The van der Waals surface area contributed by atoms with E-state index in [9.17, 15) is 9.59 Å². The third-order valence-corrected chi connectivity index (χ3v) is 1.53. The molecule has 0 saturated carbocycles. The molecule has 1 heterocycles. The summed E-state index contributed by atoms with van der Waals surface area (Å²) in [5.74, 6) is -2.62. The van der Waals surface area contributed by atoms with Crippen molar-refractivity contribution in [3.05, 3.63) is 24.3 Å². The molecule has 0 unspecified atom stereocenters. The van der Waals surface area contributed by atoms with Gasteiger partial charge in [-0.25, -0.2) is 0 Å². The van der Waals surface area contributed by atoms with Gasteiger partial charge in [0.2, 0.25) is 0 Å². The van der Waals surface area contributed by atoms with E-state index in [2.05, 4.69) is 15.4 Å². The maximum absolute atomic E-state index is 9.43. The van der Waals surface area contributed by atoms with E-state index < -0.39 is 18.4 Å². The topological polar surface area (TPSA) is 116 Å². The van der Waals surface area contributed by atoms with Crippen LogP contribution >= 0.6 is 0 Å². The lowest BCUT2D eigenvalue weighted by molar-refractivity contribution is -0.147. The predicted octanol–water partition coefficient (Wildman–Crippen LogP) is 0.504. The number of benzene rings is 1. The summed E-state index contributed by atoms with van der Waals surface area (Å²) in [4.78, 5) is 18.9. The number of hydrogen-bond acceptors (Lipinski definition) is 4. The highest BCUT2D eigenvalue weighted by molar-refractivity contribution is 5.88. The van der Waals surface area contributed by atoms with Crippen LogP contribution in [0, 0.1) is 0 Å². The van der Waals surface area contributed by atoms with E-state index in [1.807, 2.05) is 24.3 Å². The second-order valence-corrected chi connectivity index (χ2v) is 2.78. The van der Waals surface area contributed by atoms with Crippen LogP contribution in [0.25, 0.3) is 11.0 Å². The summed E-state index contributed by atoms with van der Waals surface area (Å²) in [5, 5.41) is 25.7. The number of aromatic amines is 1. The molecule has 0 radical (unpaired) electrons. The van der Waals surface area contributed by atoms with Gasteiger partial charge in [0.05, 0.1) is 0 Å². The zero-order chi connectivity index (χ0) is 12.0. The molecule has 2 aromatic rings. The van der Waals surface area contributed by atoms with Gasteiger partial charge in [0.15, 0.2) is 0 Å². The molecule has 0 amide bonds. The van der Waals surface area contributed by atoms with Crippen LogP contribution in [0.4, 0.5) is 0 Å². The fourth-order valence-electron chi connectivity index (χ4n) is 0.915. The van der Waals surface area contributed by atoms with E-state index in [0.717, 1.165) is 11.0 Å². The van der Waals surface area contributed by atoms with Gasteiger partial charge in [-0.2, -0.15) is 15.4 Å². The first-order valence-corrected chi connectivity index (χ1v) is 4.28. The number of nitrogens with zero attached hydrogens (tertiary/aromatic N) is 2. The van der Waals surface area contributed by atoms with Gasteiger partial charge in [-0.05, 0) is 12.1 Å². The van der Waals surface area contributed by atoms with E-state index in [4.69, 9.17) is 10.2 Å². The Morgan fingerprint density at radius 1 is 1.06 bits per heavy atom. The molecule has 0 atom stereocenters. The molecule has 0 saturated heterocycles. The summed E-state index contributed by atoms with van der Waals surface area (Å²) in [6.07, 6.45) is -0.806. The average Bonchev–Trinajstić information content (AvgIpc) is 2.63. The second kappa shape index (κ2) is 5.44. The molecule has 0 aliphatic heterocycles. The fourth-order valence-corrected chi connectivity index (χ4v) is 0.915. The van der Waals surface area contributed by atoms with Gasteiger partial charge in [-0.15, -0.1) is 0 Å². The summed E-state index contributed by atoms with van der Waals surface area (Å²) >= 11 is 0. The molecule has 2 rings (SSSR count). The Morgan fingerprint density at radius 3 is 1.81 bits per heavy atom. The minimum absolute atomic E-state index is 0.806. The van der Waals surface area contributed by atoms with E-state index in [0.29, 0.717) is 0 Å². The Labute approximate surface area is 89.7 Å². The molecule has 7 heteroatoms. The lowest BCUT2D eigenvalue weighted by atomic mass is 10.3. The van der Waals surface area contributed by atoms with Crippen molar-refractivity contribution in [1.29, 1.82) is 0 Å². The molecular weight excluding hydrogens is 214 g/mol. The zero-order valence-electron chi connectivity index (χ0n) is 8.12. The van der Waals surface area contributed by atoms with Crippen molar-refractivity contribution in [3.63, 3.8) is 0 Å². The molecule has 0 fully saturated rings. The monoisotopic (exact) mass is 223 g/mol. The van der Waals surface area contributed by atoms with E-state index in [-0.39, 0.29) is 0 Å². The van der Waals surface area contributed by atoms with Crippen molar-refractivity contribution >= 4 is 23.0 Å². The highest BCUT2D eigenvalue weighted by atomic mass is 16.4. The van der Waals surface area contributed by atoms with Gasteiger partial charge >= 0.3 is 11.9 Å². The molecule has 0 bridgehead atoms. The van der Waals surface area contributed by atoms with E-state index in [1.165, 1.54) is 0 Å². The number of para-hydroxylation sites is 2. The first-order chi connectivity index (χ1) is 7.59. The normalized spacial score (nSPS) is 9.25. The third kappa shape index (κ3) is 3.74. The fraction of sp³-hybridized carbons (Fsp3) is 0.111. The van der Waals surface area contributed by atoms with Gasteiger partial charge < -0.3 is 10.2 Å². The quantitative estimate of drug-likeness (QED) is 0.638. The maximum Gasteiger partial charge on any atom is 0.314 e. The number of carboxylic acids is 2. The summed E-state index contributed by atoms with van der Waals surface area (Å²) in [6, 6.07) is 7.70. The van der Waals surface area contributed by atoms with E-state index in [1.54, 1.807) is 0 Å². The Morgan fingerprint density at radius 2 is 1.50 bits per heavy atom. The van der Waals surface area contributed by atoms with Gasteiger partial charge in [0, 0.05) is 0 Å². The molecule has 0 spiro atoms. The van der Waals surface area contributed by atoms with Crippen LogP contribution in [0.3, 0.4) is 0 Å². The van der Waals surface area contributed by atoms with Crippen LogP contribution in [0.15, 0.2) is 24.3 Å². The standard InChI is InChI=1S/C6H5N3.C3H4O4/c1-2-4-6-5(3-1)7-9-8-6;4-2(5)1-3(6)7/h1-4H,(H,7,8,9);1H2,(H,4,5)(H,6,7). The molecule has 3 N–H and O–H groups in total. The van der Waals surface area contributed by atoms with E-state index >= 15 is 0 Å². The molecular formula is C9H9N3O4. The number of carboxylic acid groups (broad SMARTS) is 2. The first-order valence-electron chi connectivity index (χ1n) is 4.28. The molecule has 0 aliphatic carbocycles. The van der Waals surface area contributed by atoms with Gasteiger partial charge in [-0.3, -0.25) is 9.59 Å². The van der Waals surface area contributed by atoms with Crippen molar-refractivity contribution in [2.24, 2.45) is 0 Å². The van der Waals surface area contributed by atoms with Gasteiger partial charge in [0.1, 0.15) is 17.5 Å². The lowest BCUT2D eigenvalue weighted by Crippen LogP contribution is -2.03. The Hall–Kier alpha value is -2.44. The van der Waals surface area contributed by atoms with Gasteiger partial charge in [0.25, 0.3) is 0 Å². The van der Waals surface area contributed by atoms with Crippen LogP contribution in [0.5, 0.6) is 0 Å². The van der Waals surface area contributed by atoms with Crippen LogP contribution < -0.4 is 0 Å². The van der Waals surface area contributed by atoms with Gasteiger partial charge in [-0.1, -0.05) is 12.1 Å². The summed E-state index contributed by atoms with van der Waals surface area (Å²) in [5.41, 5.74) is 1.83. The van der Waals surface area contributed by atoms with Crippen LogP contribution in [0.1, 0.15) is 6.42 Å². The largest absolute Gasteiger partial charge is 0.481 e. The molecule has 1 aromatic carbocycles. The third-order valence-electron chi connectivity index (χ3n) is 1.53. The molecule has 84 valence electrons. The Kier molecular flexibility index (Phi) is 3.96. The number of fused-ring (bicyclic) bond motifs is 1. The van der Waals surface area contributed by atoms with Crippen molar-refractivity contribution in [1.82, 2.24) is 15.4 Å². The number of hydrogen-bond donors (Lipinski definition) is 3. The molecule has 0 aliphatic rings. The SMILES string of the molecule is O=C(O)CC(=O)O.c1ccc2n[nH]nc2c1. The molecule has 16 heavy (non-hydrogen) atoms. The number of aliphatic carboxylic acids is 2. The van der Waals surface area contributed by atoms with Crippen molar-refractivity contribution in [3.8, 4) is 0 Å². The highest BCUT2D eigenvalue weighted by Crippen LogP contribution is 2.03. The zero-order valence-corrected chi connectivity index (χ0v) is 8.12. The maximum atomic E-state index is 9.43. The minimum atomic E-state index is -1.31. The Bertz CT molecular complexity index is 452. The number of aromatic nitrogens is 3. The van der Waals surface area contributed by atoms with Crippen LogP contribution in [0.2, 0.25) is 0 Å². The molecule has 1 aromatic heterocycles. The van der Waals surface area contributed by atoms with Crippen LogP contribution in [-0.4, -0.2) is 37.6 Å². The highest BCUT2D eigenvalue weighted by Gasteiger charge is 2.01. The smallest absolute Gasteiger partial charge is 0.314 e. The van der Waals surface area contributed by atoms with Crippen molar-refractivity contribution in [2.75, 3.05) is 0 Å². The molecule has 7 nitrogen and oxygen atoms in total. The Balaban J connectivity index is 0.000000168. The second-order valence-electron chi connectivity index (χ2n) is 2.78. The first kappa shape index (κ1) is 11.6. The van der Waals surface area contributed by atoms with Crippen molar-refractivity contribution < 1.29 is 19.8 Å². The number of nitrogens with one attached hydrogen (secondary N) is 1. The average molecular weight is 223 g/mol. The lowest BCUT2D eigenvalue weighted by Gasteiger charge is -1.80. The summed E-state index contributed by atoms with van der Waals surface area (Å²) < 4.78 is 0. The number of rotatable bonds is 2. The summed E-state index contributed by atoms with van der Waals surface area (Å²) in [7, 11) is 0. The number of H-pyrrole nitrogens is 1. The number of carbonyl (C=O) groups is 2.